The number of hydrogen-bond acceptors (Lipinski definition) is 3. The molecule has 0 radical (unpaired) electrons. The SMILES string of the molecule is CCC(=O)C(=CC1C=Cc2ccccc21)C(=O)OCC(C)C. The summed E-state index contributed by atoms with van der Waals surface area (Å²) in [6.45, 7) is 6.01. The number of ether oxygens (including phenoxy) is 1. The molecule has 2 rings (SSSR count). The van der Waals surface area contributed by atoms with Gasteiger partial charge in [0, 0.05) is 12.3 Å². The Bertz CT molecular complexity index is 623. The van der Waals surface area contributed by atoms with Crippen LogP contribution in [0.2, 0.25) is 0 Å². The molecule has 1 aliphatic rings. The first kappa shape index (κ1) is 16.2. The Kier molecular flexibility index (Phi) is 5.31. The molecule has 22 heavy (non-hydrogen) atoms. The standard InChI is InChI=1S/C19H22O3/c1-4-18(20)17(19(21)22-12-13(2)3)11-15-10-9-14-7-5-6-8-16(14)15/h5-11,13,15H,4,12H2,1-3H3. The first-order chi connectivity index (χ1) is 10.5. The number of carbonyl (C=O) groups excluding carboxylic acids is 2. The fraction of sp³-hybridized carbons (Fsp3) is 0.368. The van der Waals surface area contributed by atoms with E-state index >= 15 is 0 Å². The Morgan fingerprint density at radius 3 is 2.68 bits per heavy atom. The predicted molar refractivity (Wildman–Crippen MR) is 87.4 cm³/mol. The maximum absolute atomic E-state index is 12.2. The molecule has 0 fully saturated rings. The number of fused-ring (bicyclic) bond motifs is 1. The van der Waals surface area contributed by atoms with Gasteiger partial charge in [-0.3, -0.25) is 4.79 Å². The van der Waals surface area contributed by atoms with Gasteiger partial charge >= 0.3 is 5.97 Å². The lowest BCUT2D eigenvalue weighted by Gasteiger charge is -2.11. The smallest absolute Gasteiger partial charge is 0.341 e. The van der Waals surface area contributed by atoms with E-state index in [9.17, 15) is 9.59 Å². The second-order valence-corrected chi connectivity index (χ2v) is 5.86. The van der Waals surface area contributed by atoms with E-state index in [0.717, 1.165) is 11.1 Å². The van der Waals surface area contributed by atoms with Gasteiger partial charge in [-0.1, -0.05) is 63.3 Å². The van der Waals surface area contributed by atoms with Crippen molar-refractivity contribution < 1.29 is 14.3 Å². The average molecular weight is 298 g/mol. The minimum atomic E-state index is -0.515. The zero-order chi connectivity index (χ0) is 16.1. The van der Waals surface area contributed by atoms with Gasteiger partial charge in [-0.05, 0) is 17.0 Å². The number of hydrogen-bond donors (Lipinski definition) is 0. The van der Waals surface area contributed by atoms with E-state index in [0.29, 0.717) is 13.0 Å². The highest BCUT2D eigenvalue weighted by Crippen LogP contribution is 2.31. The summed E-state index contributed by atoms with van der Waals surface area (Å²) in [4.78, 5) is 24.3. The fourth-order valence-corrected chi connectivity index (χ4v) is 2.39. The molecule has 1 aromatic carbocycles. The molecule has 0 aromatic heterocycles. The monoisotopic (exact) mass is 298 g/mol. The Morgan fingerprint density at radius 1 is 1.27 bits per heavy atom. The van der Waals surface area contributed by atoms with Crippen LogP contribution in [0, 0.1) is 5.92 Å². The number of carbonyl (C=O) groups is 2. The number of rotatable bonds is 6. The number of ketones is 1. The summed E-state index contributed by atoms with van der Waals surface area (Å²) >= 11 is 0. The largest absolute Gasteiger partial charge is 0.462 e. The molecule has 3 heteroatoms. The molecule has 1 atom stereocenters. The van der Waals surface area contributed by atoms with Crippen molar-refractivity contribution in [2.75, 3.05) is 6.61 Å². The lowest BCUT2D eigenvalue weighted by atomic mass is 9.96. The van der Waals surface area contributed by atoms with Crippen LogP contribution in [0.4, 0.5) is 0 Å². The molecule has 3 nitrogen and oxygen atoms in total. The highest BCUT2D eigenvalue weighted by Gasteiger charge is 2.23. The van der Waals surface area contributed by atoms with Gasteiger partial charge in [-0.25, -0.2) is 4.79 Å². The van der Waals surface area contributed by atoms with Crippen molar-refractivity contribution in [3.05, 3.63) is 53.1 Å². The average Bonchev–Trinajstić information content (AvgIpc) is 2.92. The van der Waals surface area contributed by atoms with Crippen molar-refractivity contribution in [1.82, 2.24) is 0 Å². The Labute approximate surface area is 131 Å². The van der Waals surface area contributed by atoms with E-state index < -0.39 is 5.97 Å². The second-order valence-electron chi connectivity index (χ2n) is 5.86. The fourth-order valence-electron chi connectivity index (χ4n) is 2.39. The number of allylic oxidation sites excluding steroid dienone is 2. The van der Waals surface area contributed by atoms with Crippen LogP contribution in [0.1, 0.15) is 44.2 Å². The van der Waals surface area contributed by atoms with Crippen molar-refractivity contribution in [2.24, 2.45) is 5.92 Å². The number of Topliss-reactive ketones (excluding diaryl/α,β-unsaturated/α-hetero) is 1. The van der Waals surface area contributed by atoms with E-state index in [4.69, 9.17) is 4.74 Å². The lowest BCUT2D eigenvalue weighted by Crippen LogP contribution is -2.18. The van der Waals surface area contributed by atoms with Gasteiger partial charge in [0.2, 0.25) is 0 Å². The summed E-state index contributed by atoms with van der Waals surface area (Å²) < 4.78 is 5.23. The Hall–Kier alpha value is -2.16. The van der Waals surface area contributed by atoms with Crippen LogP contribution in [0.5, 0.6) is 0 Å². The molecule has 116 valence electrons. The van der Waals surface area contributed by atoms with Crippen LogP contribution in [-0.4, -0.2) is 18.4 Å². The van der Waals surface area contributed by atoms with E-state index in [1.165, 1.54) is 0 Å². The van der Waals surface area contributed by atoms with Crippen LogP contribution < -0.4 is 0 Å². The van der Waals surface area contributed by atoms with Gasteiger partial charge < -0.3 is 4.74 Å². The molecule has 0 heterocycles. The Balaban J connectivity index is 2.25. The molecular weight excluding hydrogens is 276 g/mol. The number of benzene rings is 1. The van der Waals surface area contributed by atoms with Crippen LogP contribution in [0.15, 0.2) is 42.0 Å². The molecule has 1 unspecified atom stereocenters. The molecule has 1 aromatic rings. The molecule has 0 N–H and O–H groups in total. The summed E-state index contributed by atoms with van der Waals surface area (Å²) in [5, 5.41) is 0. The summed E-state index contributed by atoms with van der Waals surface area (Å²) in [5.41, 5.74) is 2.40. The summed E-state index contributed by atoms with van der Waals surface area (Å²) in [7, 11) is 0. The van der Waals surface area contributed by atoms with Gasteiger partial charge in [0.1, 0.15) is 0 Å². The molecule has 0 saturated carbocycles. The molecular formula is C19H22O3. The third-order valence-electron chi connectivity index (χ3n) is 3.57. The van der Waals surface area contributed by atoms with Crippen LogP contribution in [0.25, 0.3) is 6.08 Å². The summed E-state index contributed by atoms with van der Waals surface area (Å²) in [6.07, 6.45) is 6.05. The van der Waals surface area contributed by atoms with Crippen LogP contribution in [0.3, 0.4) is 0 Å². The van der Waals surface area contributed by atoms with E-state index in [1.54, 1.807) is 13.0 Å². The van der Waals surface area contributed by atoms with Gasteiger partial charge in [-0.15, -0.1) is 0 Å². The van der Waals surface area contributed by atoms with Crippen molar-refractivity contribution in [3.8, 4) is 0 Å². The normalized spacial score (nSPS) is 16.7. The van der Waals surface area contributed by atoms with Crippen molar-refractivity contribution in [3.63, 3.8) is 0 Å². The van der Waals surface area contributed by atoms with E-state index in [1.807, 2.05) is 50.3 Å². The molecule has 0 aliphatic heterocycles. The number of esters is 1. The molecule has 0 spiro atoms. The molecule has 0 bridgehead atoms. The first-order valence-electron chi connectivity index (χ1n) is 7.72. The van der Waals surface area contributed by atoms with Crippen LogP contribution >= 0.6 is 0 Å². The zero-order valence-corrected chi connectivity index (χ0v) is 13.3. The minimum absolute atomic E-state index is 0.0479. The Morgan fingerprint density at radius 2 is 2.00 bits per heavy atom. The maximum Gasteiger partial charge on any atom is 0.341 e. The topological polar surface area (TPSA) is 43.4 Å². The lowest BCUT2D eigenvalue weighted by molar-refractivity contribution is -0.141. The zero-order valence-electron chi connectivity index (χ0n) is 13.3. The quantitative estimate of drug-likeness (QED) is 0.346. The molecule has 0 saturated heterocycles. The first-order valence-corrected chi connectivity index (χ1v) is 7.72. The second kappa shape index (κ2) is 7.21. The molecule has 0 amide bonds. The van der Waals surface area contributed by atoms with Crippen molar-refractivity contribution >= 4 is 17.8 Å². The van der Waals surface area contributed by atoms with Crippen molar-refractivity contribution in [2.45, 2.75) is 33.1 Å². The van der Waals surface area contributed by atoms with Gasteiger partial charge in [0.05, 0.1) is 12.2 Å². The van der Waals surface area contributed by atoms with Crippen molar-refractivity contribution in [1.29, 1.82) is 0 Å². The maximum atomic E-state index is 12.2. The highest BCUT2D eigenvalue weighted by molar-refractivity contribution is 6.17. The van der Waals surface area contributed by atoms with Crippen LogP contribution in [-0.2, 0) is 14.3 Å². The third-order valence-corrected chi connectivity index (χ3v) is 3.57. The van der Waals surface area contributed by atoms with Gasteiger partial charge in [0.15, 0.2) is 5.78 Å². The summed E-state index contributed by atoms with van der Waals surface area (Å²) in [5.74, 6) is -0.493. The summed E-state index contributed by atoms with van der Waals surface area (Å²) in [6, 6.07) is 7.98. The van der Waals surface area contributed by atoms with E-state index in [2.05, 4.69) is 0 Å². The minimum Gasteiger partial charge on any atom is -0.462 e. The third kappa shape index (κ3) is 3.73. The van der Waals surface area contributed by atoms with Gasteiger partial charge in [-0.2, -0.15) is 0 Å². The predicted octanol–water partition coefficient (Wildman–Crippen LogP) is 3.90. The van der Waals surface area contributed by atoms with E-state index in [-0.39, 0.29) is 23.2 Å². The van der Waals surface area contributed by atoms with Gasteiger partial charge in [0.25, 0.3) is 0 Å². The molecule has 1 aliphatic carbocycles. The highest BCUT2D eigenvalue weighted by atomic mass is 16.5.